The second kappa shape index (κ2) is 8.46. The monoisotopic (exact) mass is 450 g/mol. The largest absolute Gasteiger partial charge is 0.352 e. The van der Waals surface area contributed by atoms with E-state index in [2.05, 4.69) is 29.3 Å². The van der Waals surface area contributed by atoms with Crippen molar-refractivity contribution in [2.45, 2.75) is 46.1 Å². The molecule has 0 bridgehead atoms. The van der Waals surface area contributed by atoms with Crippen molar-refractivity contribution in [3.63, 3.8) is 0 Å². The van der Waals surface area contributed by atoms with Crippen LogP contribution in [-0.4, -0.2) is 48.0 Å². The third kappa shape index (κ3) is 3.70. The van der Waals surface area contributed by atoms with E-state index in [1.165, 1.54) is 15.9 Å². The summed E-state index contributed by atoms with van der Waals surface area (Å²) < 4.78 is 2.94. The first kappa shape index (κ1) is 20.8. The average Bonchev–Trinajstić information content (AvgIpc) is 3.42. The maximum absolute atomic E-state index is 13.5. The van der Waals surface area contributed by atoms with Crippen LogP contribution in [-0.2, 0) is 17.8 Å². The SMILES string of the molecule is CC(C)Cc1csc2c1c1nc(-c3ccncc3)nn1c(=O)n2CC(=O)N1CCCCC1. The Morgan fingerprint density at radius 2 is 1.91 bits per heavy atom. The minimum Gasteiger partial charge on any atom is -0.341 e. The molecule has 1 saturated heterocycles. The highest BCUT2D eigenvalue weighted by Crippen LogP contribution is 2.31. The number of aromatic nitrogens is 5. The molecule has 5 heterocycles. The van der Waals surface area contributed by atoms with E-state index in [-0.39, 0.29) is 18.1 Å². The van der Waals surface area contributed by atoms with Gasteiger partial charge in [-0.25, -0.2) is 9.78 Å². The van der Waals surface area contributed by atoms with Gasteiger partial charge >= 0.3 is 5.69 Å². The fourth-order valence-electron chi connectivity index (χ4n) is 4.36. The van der Waals surface area contributed by atoms with Gasteiger partial charge in [0.25, 0.3) is 0 Å². The molecular formula is C23H26N6O2S. The Labute approximate surface area is 189 Å². The van der Waals surface area contributed by atoms with Crippen molar-refractivity contribution in [3.8, 4) is 11.4 Å². The zero-order chi connectivity index (χ0) is 22.2. The Balaban J connectivity index is 1.69. The number of amides is 1. The lowest BCUT2D eigenvalue weighted by atomic mass is 10.0. The smallest absolute Gasteiger partial charge is 0.341 e. The number of nitrogens with zero attached hydrogens (tertiary/aromatic N) is 6. The Bertz CT molecular complexity index is 1330. The molecule has 0 unspecified atom stereocenters. The summed E-state index contributed by atoms with van der Waals surface area (Å²) in [6, 6.07) is 3.65. The quantitative estimate of drug-likeness (QED) is 0.465. The predicted octanol–water partition coefficient (Wildman–Crippen LogP) is 3.38. The van der Waals surface area contributed by atoms with Crippen LogP contribution in [0.15, 0.2) is 34.7 Å². The molecule has 0 spiro atoms. The van der Waals surface area contributed by atoms with E-state index in [1.54, 1.807) is 17.0 Å². The summed E-state index contributed by atoms with van der Waals surface area (Å²) in [4.78, 5) is 38.0. The van der Waals surface area contributed by atoms with Crippen LogP contribution in [0.5, 0.6) is 0 Å². The third-order valence-corrected chi connectivity index (χ3v) is 6.95. The highest BCUT2D eigenvalue weighted by Gasteiger charge is 2.23. The summed E-state index contributed by atoms with van der Waals surface area (Å²) in [6.45, 7) is 5.89. The van der Waals surface area contributed by atoms with Gasteiger partial charge in [0.2, 0.25) is 5.91 Å². The maximum Gasteiger partial charge on any atom is 0.352 e. The number of hydrogen-bond donors (Lipinski definition) is 0. The number of likely N-dealkylation sites (tertiary alicyclic amines) is 1. The van der Waals surface area contributed by atoms with E-state index in [9.17, 15) is 9.59 Å². The number of piperidine rings is 1. The Kier molecular flexibility index (Phi) is 5.50. The Hall–Kier alpha value is -3.07. The average molecular weight is 451 g/mol. The van der Waals surface area contributed by atoms with Gasteiger partial charge < -0.3 is 4.90 Å². The normalized spacial score (nSPS) is 14.7. The molecule has 0 radical (unpaired) electrons. The minimum absolute atomic E-state index is 0.0132. The Morgan fingerprint density at radius 3 is 2.62 bits per heavy atom. The number of pyridine rings is 1. The standard InChI is InChI=1S/C23H26N6O2S/c1-15(2)12-17-14-32-22-19(17)21-25-20(16-6-8-24-9-7-16)26-29(21)23(31)28(22)13-18(30)27-10-4-3-5-11-27/h6-9,14-15H,3-5,10-13H2,1-2H3. The molecule has 1 amide bonds. The second-order valence-corrected chi connectivity index (χ2v) is 9.61. The van der Waals surface area contributed by atoms with E-state index in [4.69, 9.17) is 4.98 Å². The number of thiophene rings is 1. The molecule has 0 aliphatic carbocycles. The van der Waals surface area contributed by atoms with Gasteiger partial charge in [-0.15, -0.1) is 16.4 Å². The van der Waals surface area contributed by atoms with Gasteiger partial charge in [-0.2, -0.15) is 4.52 Å². The van der Waals surface area contributed by atoms with Gasteiger partial charge in [0.15, 0.2) is 11.5 Å². The molecule has 1 aliphatic rings. The van der Waals surface area contributed by atoms with Gasteiger partial charge in [-0.1, -0.05) is 13.8 Å². The molecule has 1 fully saturated rings. The highest BCUT2D eigenvalue weighted by molar-refractivity contribution is 7.17. The van der Waals surface area contributed by atoms with Gasteiger partial charge in [-0.3, -0.25) is 14.3 Å². The lowest BCUT2D eigenvalue weighted by Crippen LogP contribution is -2.40. The maximum atomic E-state index is 13.5. The first-order chi connectivity index (χ1) is 15.5. The molecular weight excluding hydrogens is 424 g/mol. The van der Waals surface area contributed by atoms with Gasteiger partial charge in [0.05, 0.1) is 5.39 Å². The molecule has 4 aromatic rings. The molecule has 0 N–H and O–H groups in total. The molecule has 8 nitrogen and oxygen atoms in total. The van der Waals surface area contributed by atoms with Crippen LogP contribution in [0.1, 0.15) is 38.7 Å². The molecule has 4 aromatic heterocycles. The van der Waals surface area contributed by atoms with Crippen molar-refractivity contribution in [1.82, 2.24) is 29.0 Å². The first-order valence-electron chi connectivity index (χ1n) is 11.1. The van der Waals surface area contributed by atoms with Crippen LogP contribution in [0, 0.1) is 5.92 Å². The number of carbonyl (C=O) groups excluding carboxylic acids is 1. The summed E-state index contributed by atoms with van der Waals surface area (Å²) in [5, 5.41) is 7.55. The van der Waals surface area contributed by atoms with Crippen LogP contribution in [0.2, 0.25) is 0 Å². The molecule has 0 aromatic carbocycles. The van der Waals surface area contributed by atoms with E-state index in [0.717, 1.165) is 60.1 Å². The Morgan fingerprint density at radius 1 is 1.16 bits per heavy atom. The van der Waals surface area contributed by atoms with Crippen molar-refractivity contribution in [2.75, 3.05) is 13.1 Å². The molecule has 5 rings (SSSR count). The van der Waals surface area contributed by atoms with Crippen LogP contribution in [0.3, 0.4) is 0 Å². The fraction of sp³-hybridized carbons (Fsp3) is 0.435. The number of carbonyl (C=O) groups is 1. The summed E-state index contributed by atoms with van der Waals surface area (Å²) in [5.74, 6) is 0.916. The topological polar surface area (TPSA) is 85.4 Å². The van der Waals surface area contributed by atoms with Crippen LogP contribution in [0.4, 0.5) is 0 Å². The molecule has 9 heteroatoms. The van der Waals surface area contributed by atoms with Crippen molar-refractivity contribution in [2.24, 2.45) is 5.92 Å². The molecule has 166 valence electrons. The lowest BCUT2D eigenvalue weighted by molar-refractivity contribution is -0.132. The fourth-order valence-corrected chi connectivity index (χ4v) is 5.44. The van der Waals surface area contributed by atoms with Crippen molar-refractivity contribution < 1.29 is 4.79 Å². The van der Waals surface area contributed by atoms with Gasteiger partial charge in [0.1, 0.15) is 11.4 Å². The van der Waals surface area contributed by atoms with Crippen LogP contribution < -0.4 is 5.69 Å². The highest BCUT2D eigenvalue weighted by atomic mass is 32.1. The molecule has 0 saturated carbocycles. The van der Waals surface area contributed by atoms with Gasteiger partial charge in [0, 0.05) is 31.0 Å². The number of rotatable bonds is 5. The van der Waals surface area contributed by atoms with Crippen molar-refractivity contribution in [1.29, 1.82) is 0 Å². The van der Waals surface area contributed by atoms with E-state index in [1.807, 2.05) is 17.0 Å². The van der Waals surface area contributed by atoms with E-state index in [0.29, 0.717) is 17.4 Å². The number of fused-ring (bicyclic) bond motifs is 3. The zero-order valence-electron chi connectivity index (χ0n) is 18.3. The second-order valence-electron chi connectivity index (χ2n) is 8.76. The van der Waals surface area contributed by atoms with Gasteiger partial charge in [-0.05, 0) is 54.7 Å². The van der Waals surface area contributed by atoms with Crippen LogP contribution in [0.25, 0.3) is 27.3 Å². The van der Waals surface area contributed by atoms with Crippen molar-refractivity contribution >= 4 is 33.1 Å². The van der Waals surface area contributed by atoms with Crippen LogP contribution >= 0.6 is 11.3 Å². The summed E-state index contributed by atoms with van der Waals surface area (Å²) >= 11 is 1.51. The lowest BCUT2D eigenvalue weighted by Gasteiger charge is -2.27. The minimum atomic E-state index is -0.330. The molecule has 1 aliphatic heterocycles. The summed E-state index contributed by atoms with van der Waals surface area (Å²) in [6.07, 6.45) is 7.42. The molecule has 32 heavy (non-hydrogen) atoms. The summed E-state index contributed by atoms with van der Waals surface area (Å²) in [5.41, 5.74) is 2.16. The zero-order valence-corrected chi connectivity index (χ0v) is 19.1. The van der Waals surface area contributed by atoms with E-state index < -0.39 is 0 Å². The van der Waals surface area contributed by atoms with Crippen molar-refractivity contribution in [3.05, 3.63) is 46.0 Å². The van der Waals surface area contributed by atoms with E-state index >= 15 is 0 Å². The number of hydrogen-bond acceptors (Lipinski definition) is 6. The predicted molar refractivity (Wildman–Crippen MR) is 125 cm³/mol. The summed E-state index contributed by atoms with van der Waals surface area (Å²) in [7, 11) is 0. The molecule has 0 atom stereocenters. The third-order valence-electron chi connectivity index (χ3n) is 5.90. The first-order valence-corrected chi connectivity index (χ1v) is 12.0.